The number of hydrogen-bond acceptors (Lipinski definition) is 1. The molecular weight excluding hydrogens is 196 g/mol. The van der Waals surface area contributed by atoms with Crippen LogP contribution >= 0.6 is 0 Å². The molecule has 15 heavy (non-hydrogen) atoms. The molecule has 0 aromatic heterocycles. The van der Waals surface area contributed by atoms with Crippen molar-refractivity contribution in [1.82, 2.24) is 0 Å². The maximum Gasteiger partial charge on any atom is 0.129 e. The van der Waals surface area contributed by atoms with Gasteiger partial charge in [-0.25, -0.2) is 8.78 Å². The van der Waals surface area contributed by atoms with Gasteiger partial charge in [-0.15, -0.1) is 0 Å². The SMILES string of the molecule is Cc1cc(F)c(CCC(C)(C)N)c(F)c1. The van der Waals surface area contributed by atoms with Gasteiger partial charge in [0.2, 0.25) is 0 Å². The quantitative estimate of drug-likeness (QED) is 0.820. The average Bonchev–Trinajstić information content (AvgIpc) is 1.99. The molecule has 0 saturated heterocycles. The third-order valence-corrected chi connectivity index (χ3v) is 2.30. The molecule has 0 spiro atoms. The zero-order valence-electron chi connectivity index (χ0n) is 9.40. The zero-order chi connectivity index (χ0) is 11.6. The number of nitrogens with two attached hydrogens (primary N) is 1. The second-order valence-electron chi connectivity index (χ2n) is 4.70. The van der Waals surface area contributed by atoms with E-state index in [2.05, 4.69) is 0 Å². The Balaban J connectivity index is 2.86. The van der Waals surface area contributed by atoms with Gasteiger partial charge in [0.1, 0.15) is 11.6 Å². The van der Waals surface area contributed by atoms with Crippen molar-refractivity contribution in [3.63, 3.8) is 0 Å². The molecule has 0 amide bonds. The van der Waals surface area contributed by atoms with Crippen LogP contribution in [-0.2, 0) is 6.42 Å². The van der Waals surface area contributed by atoms with Crippen LogP contribution in [0.2, 0.25) is 0 Å². The van der Waals surface area contributed by atoms with Crippen molar-refractivity contribution in [2.24, 2.45) is 5.73 Å². The molecule has 0 bridgehead atoms. The normalized spacial score (nSPS) is 11.9. The van der Waals surface area contributed by atoms with E-state index in [1.165, 1.54) is 12.1 Å². The van der Waals surface area contributed by atoms with Crippen LogP contribution in [0.1, 0.15) is 31.4 Å². The Bertz CT molecular complexity index is 330. The van der Waals surface area contributed by atoms with Crippen LogP contribution in [0.4, 0.5) is 8.78 Å². The Morgan fingerprint density at radius 3 is 2.07 bits per heavy atom. The van der Waals surface area contributed by atoms with Crippen molar-refractivity contribution in [3.8, 4) is 0 Å². The number of benzene rings is 1. The molecular formula is C12H17F2N. The first-order valence-corrected chi connectivity index (χ1v) is 5.03. The maximum absolute atomic E-state index is 13.4. The first-order chi connectivity index (χ1) is 6.79. The summed E-state index contributed by atoms with van der Waals surface area (Å²) in [6.07, 6.45) is 0.894. The second-order valence-corrected chi connectivity index (χ2v) is 4.70. The van der Waals surface area contributed by atoms with Gasteiger partial charge in [-0.1, -0.05) is 0 Å². The Labute approximate surface area is 89.3 Å². The number of aryl methyl sites for hydroxylation is 1. The summed E-state index contributed by atoms with van der Waals surface area (Å²) in [6, 6.07) is 2.70. The van der Waals surface area contributed by atoms with Crippen LogP contribution in [0.25, 0.3) is 0 Å². The van der Waals surface area contributed by atoms with E-state index in [9.17, 15) is 8.78 Å². The fraction of sp³-hybridized carbons (Fsp3) is 0.500. The molecule has 0 saturated carbocycles. The summed E-state index contributed by atoms with van der Waals surface area (Å²) in [5.41, 5.74) is 6.11. The van der Waals surface area contributed by atoms with Crippen molar-refractivity contribution in [1.29, 1.82) is 0 Å². The fourth-order valence-electron chi connectivity index (χ4n) is 1.42. The minimum Gasteiger partial charge on any atom is -0.326 e. The molecule has 0 aliphatic carbocycles. The van der Waals surface area contributed by atoms with Crippen molar-refractivity contribution < 1.29 is 8.78 Å². The van der Waals surface area contributed by atoms with Crippen LogP contribution in [0.5, 0.6) is 0 Å². The molecule has 0 fully saturated rings. The van der Waals surface area contributed by atoms with E-state index in [1.54, 1.807) is 6.92 Å². The third kappa shape index (κ3) is 3.59. The lowest BCUT2D eigenvalue weighted by atomic mass is 9.95. The number of hydrogen-bond donors (Lipinski definition) is 1. The highest BCUT2D eigenvalue weighted by atomic mass is 19.1. The molecule has 0 heterocycles. The molecule has 1 aromatic rings. The summed E-state index contributed by atoms with van der Waals surface area (Å²) in [4.78, 5) is 0. The van der Waals surface area contributed by atoms with Gasteiger partial charge in [-0.05, 0) is 51.3 Å². The molecule has 0 atom stereocenters. The molecule has 3 heteroatoms. The largest absolute Gasteiger partial charge is 0.326 e. The molecule has 0 aliphatic heterocycles. The van der Waals surface area contributed by atoms with E-state index in [-0.39, 0.29) is 5.56 Å². The predicted molar refractivity (Wildman–Crippen MR) is 57.7 cm³/mol. The zero-order valence-corrected chi connectivity index (χ0v) is 9.40. The highest BCUT2D eigenvalue weighted by Gasteiger charge is 2.15. The molecule has 1 aromatic carbocycles. The smallest absolute Gasteiger partial charge is 0.129 e. The predicted octanol–water partition coefficient (Wildman–Crippen LogP) is 2.94. The minimum atomic E-state index is -0.475. The van der Waals surface area contributed by atoms with Gasteiger partial charge in [0, 0.05) is 11.1 Å². The van der Waals surface area contributed by atoms with Crippen molar-refractivity contribution in [2.75, 3.05) is 0 Å². The van der Waals surface area contributed by atoms with Gasteiger partial charge in [-0.3, -0.25) is 0 Å². The Hall–Kier alpha value is -0.960. The standard InChI is InChI=1S/C12H17F2N/c1-8-6-10(13)9(11(14)7-8)4-5-12(2,3)15/h6-7H,4-5,15H2,1-3H3. The lowest BCUT2D eigenvalue weighted by molar-refractivity contribution is 0.460. The molecule has 84 valence electrons. The molecule has 1 nitrogen and oxygen atoms in total. The van der Waals surface area contributed by atoms with E-state index in [0.717, 1.165) is 0 Å². The van der Waals surface area contributed by atoms with E-state index < -0.39 is 17.2 Å². The second kappa shape index (κ2) is 4.27. The highest BCUT2D eigenvalue weighted by molar-refractivity contribution is 5.25. The summed E-state index contributed by atoms with van der Waals surface area (Å²) in [5.74, 6) is -0.950. The first-order valence-electron chi connectivity index (χ1n) is 5.03. The van der Waals surface area contributed by atoms with Gasteiger partial charge in [0.15, 0.2) is 0 Å². The van der Waals surface area contributed by atoms with Crippen molar-refractivity contribution in [2.45, 2.75) is 39.2 Å². The topological polar surface area (TPSA) is 26.0 Å². The van der Waals surface area contributed by atoms with Crippen molar-refractivity contribution in [3.05, 3.63) is 34.9 Å². The van der Waals surface area contributed by atoms with Crippen LogP contribution in [0.3, 0.4) is 0 Å². The van der Waals surface area contributed by atoms with Gasteiger partial charge in [-0.2, -0.15) is 0 Å². The molecule has 0 radical (unpaired) electrons. The molecule has 2 N–H and O–H groups in total. The summed E-state index contributed by atoms with van der Waals surface area (Å²) < 4.78 is 26.8. The monoisotopic (exact) mass is 213 g/mol. The molecule has 1 rings (SSSR count). The van der Waals surface area contributed by atoms with Gasteiger partial charge in [0.05, 0.1) is 0 Å². The Morgan fingerprint density at radius 1 is 1.20 bits per heavy atom. The minimum absolute atomic E-state index is 0.138. The van der Waals surface area contributed by atoms with Crippen LogP contribution in [-0.4, -0.2) is 5.54 Å². The lowest BCUT2D eigenvalue weighted by Gasteiger charge is -2.18. The van der Waals surface area contributed by atoms with E-state index >= 15 is 0 Å². The van der Waals surface area contributed by atoms with Crippen molar-refractivity contribution >= 4 is 0 Å². The summed E-state index contributed by atoms with van der Waals surface area (Å²) in [5, 5.41) is 0. The van der Waals surface area contributed by atoms with Crippen LogP contribution in [0, 0.1) is 18.6 Å². The fourth-order valence-corrected chi connectivity index (χ4v) is 1.42. The average molecular weight is 213 g/mol. The van der Waals surface area contributed by atoms with Gasteiger partial charge < -0.3 is 5.73 Å². The lowest BCUT2D eigenvalue weighted by Crippen LogP contribution is -2.32. The first kappa shape index (κ1) is 12.1. The van der Waals surface area contributed by atoms with E-state index in [0.29, 0.717) is 18.4 Å². The van der Waals surface area contributed by atoms with Crippen LogP contribution in [0.15, 0.2) is 12.1 Å². The Kier molecular flexibility index (Phi) is 3.45. The molecule has 0 aliphatic rings. The summed E-state index contributed by atoms with van der Waals surface area (Å²) >= 11 is 0. The molecule has 0 unspecified atom stereocenters. The number of rotatable bonds is 3. The van der Waals surface area contributed by atoms with Gasteiger partial charge in [0.25, 0.3) is 0 Å². The summed E-state index contributed by atoms with van der Waals surface area (Å²) in [6.45, 7) is 5.36. The van der Waals surface area contributed by atoms with Gasteiger partial charge >= 0.3 is 0 Å². The summed E-state index contributed by atoms with van der Waals surface area (Å²) in [7, 11) is 0. The van der Waals surface area contributed by atoms with Crippen LogP contribution < -0.4 is 5.73 Å². The number of halogens is 2. The Morgan fingerprint density at radius 2 is 1.67 bits per heavy atom. The third-order valence-electron chi connectivity index (χ3n) is 2.30. The highest BCUT2D eigenvalue weighted by Crippen LogP contribution is 2.19. The maximum atomic E-state index is 13.4. The van der Waals surface area contributed by atoms with E-state index in [1.807, 2.05) is 13.8 Å². The van der Waals surface area contributed by atoms with E-state index in [4.69, 9.17) is 5.73 Å².